The summed E-state index contributed by atoms with van der Waals surface area (Å²) in [6.45, 7) is 0. The molecule has 0 saturated carbocycles. The zero-order chi connectivity index (χ0) is 33.7. The number of para-hydroxylation sites is 1. The molecule has 2 aromatic heterocycles. The van der Waals surface area contributed by atoms with Crippen LogP contribution in [0.4, 0.5) is 17.1 Å². The standard InChI is InChI=1S/C47H30N2O2/c1-3-10-34(11-4-1)47-48-43-30-45-42(29-46(43)51-47)41-26-21-37(28-44(41)50-45)33-19-24-40(25-20-33)49(38-13-5-2-6-14-38)39-22-17-32(18-23-39)36-16-15-31-9-7-8-12-35(31)27-36/h1-30H. The Balaban J connectivity index is 0.965. The van der Waals surface area contributed by atoms with E-state index in [1.165, 1.54) is 21.9 Å². The Hall–Kier alpha value is -6.91. The average Bonchev–Trinajstić information content (AvgIpc) is 3.78. The molecular weight excluding hydrogens is 625 g/mol. The number of rotatable bonds is 6. The maximum atomic E-state index is 6.39. The van der Waals surface area contributed by atoms with Crippen molar-refractivity contribution in [3.63, 3.8) is 0 Å². The fourth-order valence-corrected chi connectivity index (χ4v) is 7.08. The molecule has 10 aromatic rings. The third-order valence-corrected chi connectivity index (χ3v) is 9.68. The van der Waals surface area contributed by atoms with Crippen molar-refractivity contribution < 1.29 is 8.83 Å². The van der Waals surface area contributed by atoms with Gasteiger partial charge in [-0.2, -0.15) is 0 Å². The molecule has 0 saturated heterocycles. The number of benzene rings is 8. The Morgan fingerprint density at radius 1 is 0.353 bits per heavy atom. The second-order valence-electron chi connectivity index (χ2n) is 12.8. The highest BCUT2D eigenvalue weighted by molar-refractivity contribution is 6.09. The number of fused-ring (bicyclic) bond motifs is 5. The van der Waals surface area contributed by atoms with Gasteiger partial charge in [0.1, 0.15) is 16.7 Å². The van der Waals surface area contributed by atoms with Gasteiger partial charge >= 0.3 is 0 Å². The molecule has 0 amide bonds. The molecule has 0 atom stereocenters. The first-order valence-corrected chi connectivity index (χ1v) is 17.1. The van der Waals surface area contributed by atoms with Gasteiger partial charge < -0.3 is 13.7 Å². The van der Waals surface area contributed by atoms with Gasteiger partial charge in [0.2, 0.25) is 5.89 Å². The molecule has 4 nitrogen and oxygen atoms in total. The minimum absolute atomic E-state index is 0.608. The quantitative estimate of drug-likeness (QED) is 0.179. The van der Waals surface area contributed by atoms with Gasteiger partial charge in [-0.05, 0) is 106 Å². The maximum absolute atomic E-state index is 6.39. The molecule has 10 rings (SSSR count). The van der Waals surface area contributed by atoms with E-state index in [-0.39, 0.29) is 0 Å². The molecule has 4 heteroatoms. The van der Waals surface area contributed by atoms with Crippen LogP contribution >= 0.6 is 0 Å². The predicted octanol–water partition coefficient (Wildman–Crippen LogP) is 13.4. The summed E-state index contributed by atoms with van der Waals surface area (Å²) in [7, 11) is 0. The summed E-state index contributed by atoms with van der Waals surface area (Å²) >= 11 is 0. The average molecular weight is 655 g/mol. The van der Waals surface area contributed by atoms with Gasteiger partial charge in [0.25, 0.3) is 0 Å². The molecule has 0 unspecified atom stereocenters. The number of anilines is 3. The van der Waals surface area contributed by atoms with Crippen LogP contribution in [-0.4, -0.2) is 4.98 Å². The first kappa shape index (κ1) is 29.0. The molecule has 0 radical (unpaired) electrons. The van der Waals surface area contributed by atoms with Crippen molar-refractivity contribution in [2.75, 3.05) is 4.90 Å². The van der Waals surface area contributed by atoms with Crippen molar-refractivity contribution in [3.8, 4) is 33.7 Å². The van der Waals surface area contributed by atoms with Gasteiger partial charge in [-0.25, -0.2) is 4.98 Å². The lowest BCUT2D eigenvalue weighted by Gasteiger charge is -2.26. The molecule has 0 aliphatic heterocycles. The molecular formula is C47H30N2O2. The lowest BCUT2D eigenvalue weighted by Crippen LogP contribution is -2.09. The zero-order valence-electron chi connectivity index (χ0n) is 27.5. The summed E-state index contributed by atoms with van der Waals surface area (Å²) in [6.07, 6.45) is 0. The van der Waals surface area contributed by atoms with E-state index in [1.54, 1.807) is 0 Å². The fraction of sp³-hybridized carbons (Fsp3) is 0. The van der Waals surface area contributed by atoms with Crippen molar-refractivity contribution >= 4 is 60.9 Å². The number of hydrogen-bond acceptors (Lipinski definition) is 4. The van der Waals surface area contributed by atoms with Crippen molar-refractivity contribution in [3.05, 3.63) is 182 Å². The van der Waals surface area contributed by atoms with E-state index in [1.807, 2.05) is 42.5 Å². The Labute approximate surface area is 294 Å². The monoisotopic (exact) mass is 654 g/mol. The number of aromatic nitrogens is 1. The molecule has 8 aromatic carbocycles. The van der Waals surface area contributed by atoms with Crippen molar-refractivity contribution in [1.82, 2.24) is 4.98 Å². The molecule has 0 spiro atoms. The molecule has 0 aliphatic carbocycles. The van der Waals surface area contributed by atoms with Crippen LogP contribution in [0, 0.1) is 0 Å². The topological polar surface area (TPSA) is 42.4 Å². The van der Waals surface area contributed by atoms with E-state index >= 15 is 0 Å². The highest BCUT2D eigenvalue weighted by atomic mass is 16.4. The van der Waals surface area contributed by atoms with Crippen molar-refractivity contribution in [2.24, 2.45) is 0 Å². The number of nitrogens with zero attached hydrogens (tertiary/aromatic N) is 2. The van der Waals surface area contributed by atoms with Crippen LogP contribution in [0.25, 0.3) is 77.5 Å². The summed E-state index contributed by atoms with van der Waals surface area (Å²) in [6, 6.07) is 63.6. The summed E-state index contributed by atoms with van der Waals surface area (Å²) in [4.78, 5) is 7.03. The largest absolute Gasteiger partial charge is 0.456 e. The van der Waals surface area contributed by atoms with Gasteiger partial charge in [0.05, 0.1) is 0 Å². The van der Waals surface area contributed by atoms with Crippen LogP contribution in [0.3, 0.4) is 0 Å². The smallest absolute Gasteiger partial charge is 0.227 e. The first-order valence-electron chi connectivity index (χ1n) is 17.1. The van der Waals surface area contributed by atoms with Gasteiger partial charge in [-0.3, -0.25) is 0 Å². The Kier molecular flexibility index (Phi) is 6.78. The molecule has 240 valence electrons. The van der Waals surface area contributed by atoms with Gasteiger partial charge in [-0.15, -0.1) is 0 Å². The Morgan fingerprint density at radius 3 is 1.65 bits per heavy atom. The molecule has 51 heavy (non-hydrogen) atoms. The highest BCUT2D eigenvalue weighted by Gasteiger charge is 2.16. The van der Waals surface area contributed by atoms with Crippen LogP contribution < -0.4 is 4.90 Å². The lowest BCUT2D eigenvalue weighted by atomic mass is 10.0. The van der Waals surface area contributed by atoms with E-state index in [9.17, 15) is 0 Å². The SMILES string of the molecule is c1ccc(-c2nc3cc4oc5cc(-c6ccc(N(c7ccccc7)c7ccc(-c8ccc9ccccc9c8)cc7)cc6)ccc5c4cc3o2)cc1. The third-order valence-electron chi connectivity index (χ3n) is 9.68. The van der Waals surface area contributed by atoms with E-state index in [2.05, 4.69) is 144 Å². The van der Waals surface area contributed by atoms with Crippen molar-refractivity contribution in [2.45, 2.75) is 0 Å². The molecule has 0 bridgehead atoms. The number of hydrogen-bond donors (Lipinski definition) is 0. The highest BCUT2D eigenvalue weighted by Crippen LogP contribution is 2.39. The minimum atomic E-state index is 0.608. The number of oxazole rings is 1. The van der Waals surface area contributed by atoms with Gasteiger partial charge in [-0.1, -0.05) is 103 Å². The number of furan rings is 1. The lowest BCUT2D eigenvalue weighted by molar-refractivity contribution is 0.620. The summed E-state index contributed by atoms with van der Waals surface area (Å²) < 4.78 is 12.5. The van der Waals surface area contributed by atoms with E-state index < -0.39 is 0 Å². The van der Waals surface area contributed by atoms with Crippen molar-refractivity contribution in [1.29, 1.82) is 0 Å². The maximum Gasteiger partial charge on any atom is 0.227 e. The Bertz CT molecular complexity index is 2840. The van der Waals surface area contributed by atoms with E-state index in [0.29, 0.717) is 5.89 Å². The minimum Gasteiger partial charge on any atom is -0.456 e. The zero-order valence-corrected chi connectivity index (χ0v) is 27.5. The molecule has 2 heterocycles. The van der Waals surface area contributed by atoms with Crippen LogP contribution in [0.15, 0.2) is 191 Å². The molecule has 0 N–H and O–H groups in total. The third kappa shape index (κ3) is 5.22. The van der Waals surface area contributed by atoms with Crippen LogP contribution in [0.5, 0.6) is 0 Å². The second-order valence-corrected chi connectivity index (χ2v) is 12.8. The second kappa shape index (κ2) is 11.9. The normalized spacial score (nSPS) is 11.5. The van der Waals surface area contributed by atoms with Crippen LogP contribution in [0.1, 0.15) is 0 Å². The van der Waals surface area contributed by atoms with E-state index in [4.69, 9.17) is 13.8 Å². The van der Waals surface area contributed by atoms with Gasteiger partial charge in [0.15, 0.2) is 5.58 Å². The predicted molar refractivity (Wildman–Crippen MR) is 210 cm³/mol. The Morgan fingerprint density at radius 2 is 0.922 bits per heavy atom. The molecule has 0 aliphatic rings. The summed E-state index contributed by atoms with van der Waals surface area (Å²) in [5, 5.41) is 4.56. The van der Waals surface area contributed by atoms with Crippen LogP contribution in [0.2, 0.25) is 0 Å². The summed E-state index contributed by atoms with van der Waals surface area (Å²) in [5.41, 5.74) is 12.0. The first-order chi connectivity index (χ1) is 25.2. The molecule has 0 fully saturated rings. The summed E-state index contributed by atoms with van der Waals surface area (Å²) in [5.74, 6) is 0.608. The fourth-order valence-electron chi connectivity index (χ4n) is 7.08. The van der Waals surface area contributed by atoms with E-state index in [0.717, 1.165) is 66.8 Å². The van der Waals surface area contributed by atoms with Crippen LogP contribution in [-0.2, 0) is 0 Å². The van der Waals surface area contributed by atoms with Gasteiger partial charge in [0, 0.05) is 39.5 Å².